The minimum absolute atomic E-state index is 0. The van der Waals surface area contributed by atoms with Crippen LogP contribution in [0.4, 0.5) is 0 Å². The summed E-state index contributed by atoms with van der Waals surface area (Å²) in [5.41, 5.74) is 14.2. The molecule has 3 saturated carbocycles. The maximum atomic E-state index is 13.3. The fraction of sp³-hybridized carbons (Fsp3) is 0.913. The number of carbonyl (C=O) groups excluding carboxylic acids is 2. The summed E-state index contributed by atoms with van der Waals surface area (Å²) in [6.07, 6.45) is 24.3. The first kappa shape index (κ1) is 49.3. The molecule has 0 heterocycles. The van der Waals surface area contributed by atoms with E-state index >= 15 is 0 Å². The minimum Gasteiger partial charge on any atom is -0.462 e. The van der Waals surface area contributed by atoms with Crippen molar-refractivity contribution in [2.75, 3.05) is 13.1 Å². The SMILES string of the molecule is CC[C@H](CC[C@@H](C)C1CCC2C3CC=C4CC(OC(=O)CCC(=O)N(CCCCCCCC(C)N)CCC(C)N)CCC4(C)C3CCC21C)C(C)C.Cl.Cl. The third kappa shape index (κ3) is 12.8. The van der Waals surface area contributed by atoms with Crippen LogP contribution in [0.25, 0.3) is 0 Å². The molecule has 0 spiro atoms. The van der Waals surface area contributed by atoms with Gasteiger partial charge in [-0.2, -0.15) is 0 Å². The number of halogens is 2. The second-order valence-electron chi connectivity index (χ2n) is 19.5. The van der Waals surface area contributed by atoms with Gasteiger partial charge >= 0.3 is 5.97 Å². The van der Waals surface area contributed by atoms with Crippen LogP contribution in [0.5, 0.6) is 0 Å². The molecule has 54 heavy (non-hydrogen) atoms. The lowest BCUT2D eigenvalue weighted by molar-refractivity contribution is -0.153. The van der Waals surface area contributed by atoms with Crippen LogP contribution in [0.15, 0.2) is 11.6 Å². The number of nitrogens with two attached hydrogens (primary N) is 2. The molecule has 9 unspecified atom stereocenters. The normalized spacial score (nSPS) is 31.0. The summed E-state index contributed by atoms with van der Waals surface area (Å²) in [6.45, 7) is 20.5. The topological polar surface area (TPSA) is 98.7 Å². The second kappa shape index (κ2) is 22.9. The number of amides is 1. The van der Waals surface area contributed by atoms with Gasteiger partial charge in [0.25, 0.3) is 0 Å². The average Bonchev–Trinajstić information content (AvgIpc) is 3.45. The average molecular weight is 799 g/mol. The molecule has 0 aromatic rings. The molecule has 8 heteroatoms. The van der Waals surface area contributed by atoms with E-state index in [9.17, 15) is 9.59 Å². The smallest absolute Gasteiger partial charge is 0.306 e. The molecule has 0 saturated heterocycles. The molecule has 4 N–H and O–H groups in total. The fourth-order valence-electron chi connectivity index (χ4n) is 12.0. The lowest BCUT2D eigenvalue weighted by Gasteiger charge is -2.58. The number of nitrogens with zero attached hydrogens (tertiary/aromatic N) is 1. The maximum Gasteiger partial charge on any atom is 0.306 e. The van der Waals surface area contributed by atoms with E-state index in [-0.39, 0.29) is 73.1 Å². The van der Waals surface area contributed by atoms with Crippen molar-refractivity contribution in [2.24, 2.45) is 63.7 Å². The summed E-state index contributed by atoms with van der Waals surface area (Å²) in [4.78, 5) is 28.3. The van der Waals surface area contributed by atoms with Gasteiger partial charge in [0.05, 0.1) is 6.42 Å². The molecule has 4 aliphatic rings. The van der Waals surface area contributed by atoms with Gasteiger partial charge in [-0.3, -0.25) is 9.59 Å². The van der Waals surface area contributed by atoms with Gasteiger partial charge in [0.1, 0.15) is 6.10 Å². The Labute approximate surface area is 345 Å². The number of allylic oxidation sites excluding steroid dienone is 1. The quantitative estimate of drug-likeness (QED) is 0.0684. The number of hydrogen-bond acceptors (Lipinski definition) is 5. The summed E-state index contributed by atoms with van der Waals surface area (Å²) >= 11 is 0. The van der Waals surface area contributed by atoms with Crippen molar-refractivity contribution in [1.29, 1.82) is 0 Å². The first-order valence-electron chi connectivity index (χ1n) is 22.4. The molecule has 0 aliphatic heterocycles. The Bertz CT molecular complexity index is 1160. The van der Waals surface area contributed by atoms with Crippen LogP contribution in [0, 0.1) is 52.3 Å². The summed E-state index contributed by atoms with van der Waals surface area (Å²) < 4.78 is 6.11. The zero-order valence-electron chi connectivity index (χ0n) is 36.1. The third-order valence-corrected chi connectivity index (χ3v) is 15.4. The number of rotatable bonds is 21. The highest BCUT2D eigenvalue weighted by Crippen LogP contribution is 2.67. The largest absolute Gasteiger partial charge is 0.462 e. The van der Waals surface area contributed by atoms with Crippen LogP contribution in [0.1, 0.15) is 184 Å². The van der Waals surface area contributed by atoms with Crippen molar-refractivity contribution in [3.63, 3.8) is 0 Å². The lowest BCUT2D eigenvalue weighted by Crippen LogP contribution is -2.51. The zero-order valence-corrected chi connectivity index (χ0v) is 37.7. The van der Waals surface area contributed by atoms with Crippen LogP contribution in [-0.2, 0) is 14.3 Å². The predicted octanol–water partition coefficient (Wildman–Crippen LogP) is 11.5. The summed E-state index contributed by atoms with van der Waals surface area (Å²) in [6, 6.07) is 0.324. The molecule has 0 bridgehead atoms. The highest BCUT2D eigenvalue weighted by atomic mass is 35.5. The van der Waals surface area contributed by atoms with Gasteiger partial charge in [-0.15, -0.1) is 24.8 Å². The molecular formula is C46H85Cl2N3O3. The van der Waals surface area contributed by atoms with E-state index in [1.54, 1.807) is 5.57 Å². The van der Waals surface area contributed by atoms with Crippen molar-refractivity contribution >= 4 is 36.7 Å². The van der Waals surface area contributed by atoms with E-state index in [4.69, 9.17) is 16.2 Å². The van der Waals surface area contributed by atoms with Crippen LogP contribution in [0.2, 0.25) is 0 Å². The number of ether oxygens (including phenoxy) is 1. The Hall–Kier alpha value is -0.820. The monoisotopic (exact) mass is 798 g/mol. The van der Waals surface area contributed by atoms with Gasteiger partial charge in [0.2, 0.25) is 5.91 Å². The molecule has 0 aromatic heterocycles. The van der Waals surface area contributed by atoms with Gasteiger partial charge in [0.15, 0.2) is 0 Å². The van der Waals surface area contributed by atoms with E-state index in [2.05, 4.69) is 54.5 Å². The first-order valence-corrected chi connectivity index (χ1v) is 22.4. The molecule has 1 amide bonds. The van der Waals surface area contributed by atoms with E-state index in [1.807, 2.05) is 11.8 Å². The predicted molar refractivity (Wildman–Crippen MR) is 232 cm³/mol. The van der Waals surface area contributed by atoms with Crippen molar-refractivity contribution in [1.82, 2.24) is 4.90 Å². The molecule has 4 rings (SSSR count). The maximum absolute atomic E-state index is 13.3. The first-order chi connectivity index (χ1) is 24.7. The molecule has 0 aromatic carbocycles. The lowest BCUT2D eigenvalue weighted by atomic mass is 9.47. The van der Waals surface area contributed by atoms with E-state index in [0.29, 0.717) is 12.0 Å². The molecular weight excluding hydrogens is 713 g/mol. The van der Waals surface area contributed by atoms with Crippen molar-refractivity contribution in [2.45, 2.75) is 202 Å². The summed E-state index contributed by atoms with van der Waals surface area (Å²) in [5, 5.41) is 0. The van der Waals surface area contributed by atoms with Gasteiger partial charge in [-0.05, 0) is 137 Å². The number of unbranched alkanes of at least 4 members (excludes halogenated alkanes) is 4. The number of hydrogen-bond donors (Lipinski definition) is 2. The molecule has 4 aliphatic carbocycles. The standard InChI is InChI=1S/C46H83N3O3.2ClH/c1-9-36(32(2)3)17-16-33(4)40-20-21-41-39-19-18-37-31-38(24-27-45(37,7)42(39)25-28-46(40,41)8)52-44(51)23-22-43(50)49(30-26-35(6)48)29-14-12-10-11-13-15-34(5)47;;/h18,32-36,38-42H,9-17,19-31,47-48H2,1-8H3;2*1H/t33-,34?,35?,36-,38?,39?,40?,41?,42?,45?,46?;;/m1../s1. The Morgan fingerprint density at radius 2 is 1.50 bits per heavy atom. The van der Waals surface area contributed by atoms with Gasteiger partial charge in [0, 0.05) is 38.0 Å². The summed E-state index contributed by atoms with van der Waals surface area (Å²) in [7, 11) is 0. The highest BCUT2D eigenvalue weighted by Gasteiger charge is 2.59. The number of fused-ring (bicyclic) bond motifs is 5. The van der Waals surface area contributed by atoms with Gasteiger partial charge in [-0.1, -0.05) is 91.7 Å². The fourth-order valence-corrected chi connectivity index (χ4v) is 12.0. The Morgan fingerprint density at radius 3 is 2.17 bits per heavy atom. The Kier molecular flexibility index (Phi) is 21.0. The molecule has 3 fully saturated rings. The van der Waals surface area contributed by atoms with E-state index in [1.165, 1.54) is 70.6 Å². The van der Waals surface area contributed by atoms with Gasteiger partial charge < -0.3 is 21.1 Å². The molecule has 316 valence electrons. The second-order valence-corrected chi connectivity index (χ2v) is 19.5. The van der Waals surface area contributed by atoms with E-state index < -0.39 is 0 Å². The third-order valence-electron chi connectivity index (χ3n) is 15.4. The van der Waals surface area contributed by atoms with Crippen LogP contribution in [-0.4, -0.2) is 48.1 Å². The Balaban J connectivity index is 0.00000504. The van der Waals surface area contributed by atoms with Crippen LogP contribution < -0.4 is 11.5 Å². The van der Waals surface area contributed by atoms with E-state index in [0.717, 1.165) is 92.9 Å². The van der Waals surface area contributed by atoms with Gasteiger partial charge in [-0.25, -0.2) is 0 Å². The zero-order chi connectivity index (χ0) is 38.1. The van der Waals surface area contributed by atoms with Crippen molar-refractivity contribution < 1.29 is 14.3 Å². The highest BCUT2D eigenvalue weighted by molar-refractivity contribution is 5.85. The minimum atomic E-state index is -0.212. The van der Waals surface area contributed by atoms with Crippen LogP contribution >= 0.6 is 24.8 Å². The number of esters is 1. The van der Waals surface area contributed by atoms with Crippen LogP contribution in [0.3, 0.4) is 0 Å². The summed E-state index contributed by atoms with van der Waals surface area (Å²) in [5.74, 6) is 5.63. The molecule has 0 radical (unpaired) electrons. The molecule has 11 atom stereocenters. The Morgan fingerprint density at radius 1 is 0.815 bits per heavy atom. The van der Waals surface area contributed by atoms with Crippen molar-refractivity contribution in [3.05, 3.63) is 11.6 Å². The number of carbonyl (C=O) groups is 2. The molecule has 6 nitrogen and oxygen atoms in total. The van der Waals surface area contributed by atoms with Crippen molar-refractivity contribution in [3.8, 4) is 0 Å².